The quantitative estimate of drug-likeness (QED) is 0.528. The Bertz CT molecular complexity index is 991. The van der Waals surface area contributed by atoms with Gasteiger partial charge in [-0.05, 0) is 43.3 Å². The second kappa shape index (κ2) is 6.09. The highest BCUT2D eigenvalue weighted by molar-refractivity contribution is 7.99. The minimum absolute atomic E-state index is 0.260. The number of hydrogen-bond donors (Lipinski definition) is 0. The largest absolute Gasteiger partial charge is 0.291 e. The standard InChI is InChI=1S/C19H14FN3S/c1-13-2-8-16(9-3-13)24-17-12-22-18(19-21-10-11-23(17)19)14-4-6-15(20)7-5-14/h2-12H,1H3. The maximum absolute atomic E-state index is 13.1. The molecule has 3 nitrogen and oxygen atoms in total. The Labute approximate surface area is 143 Å². The van der Waals surface area contributed by atoms with Crippen molar-refractivity contribution in [3.8, 4) is 11.3 Å². The van der Waals surface area contributed by atoms with Crippen molar-refractivity contribution in [3.05, 3.63) is 78.5 Å². The monoisotopic (exact) mass is 335 g/mol. The fourth-order valence-corrected chi connectivity index (χ4v) is 3.37. The fraction of sp³-hybridized carbons (Fsp3) is 0.0526. The SMILES string of the molecule is Cc1ccc(Sc2cnc(-c3ccc(F)cc3)c3nccn23)cc1. The minimum atomic E-state index is -0.260. The molecule has 0 N–H and O–H groups in total. The van der Waals surface area contributed by atoms with Crippen molar-refractivity contribution in [1.29, 1.82) is 0 Å². The van der Waals surface area contributed by atoms with Gasteiger partial charge in [-0.1, -0.05) is 29.5 Å². The number of benzene rings is 2. The van der Waals surface area contributed by atoms with E-state index in [-0.39, 0.29) is 5.82 Å². The van der Waals surface area contributed by atoms with Crippen LogP contribution in [0.4, 0.5) is 4.39 Å². The van der Waals surface area contributed by atoms with Gasteiger partial charge in [0.05, 0.1) is 6.20 Å². The van der Waals surface area contributed by atoms with Crippen molar-refractivity contribution < 1.29 is 4.39 Å². The number of aryl methyl sites for hydroxylation is 1. The van der Waals surface area contributed by atoms with Crippen LogP contribution in [0.15, 0.2) is 77.0 Å². The van der Waals surface area contributed by atoms with Gasteiger partial charge in [-0.2, -0.15) is 0 Å². The van der Waals surface area contributed by atoms with Gasteiger partial charge in [0, 0.05) is 22.9 Å². The molecule has 0 spiro atoms. The molecule has 0 aliphatic heterocycles. The Kier molecular flexibility index (Phi) is 3.78. The second-order valence-corrected chi connectivity index (χ2v) is 6.58. The number of halogens is 1. The summed E-state index contributed by atoms with van der Waals surface area (Å²) in [4.78, 5) is 10.1. The smallest absolute Gasteiger partial charge is 0.164 e. The Balaban J connectivity index is 1.77. The second-order valence-electron chi connectivity index (χ2n) is 5.49. The van der Waals surface area contributed by atoms with E-state index in [4.69, 9.17) is 0 Å². The Morgan fingerprint density at radius 1 is 0.958 bits per heavy atom. The minimum Gasteiger partial charge on any atom is -0.291 e. The molecule has 0 amide bonds. The van der Waals surface area contributed by atoms with Gasteiger partial charge in [0.25, 0.3) is 0 Å². The van der Waals surface area contributed by atoms with E-state index in [0.29, 0.717) is 0 Å². The lowest BCUT2D eigenvalue weighted by Crippen LogP contribution is -1.95. The molecule has 0 radical (unpaired) electrons. The van der Waals surface area contributed by atoms with E-state index in [1.165, 1.54) is 17.7 Å². The van der Waals surface area contributed by atoms with Gasteiger partial charge < -0.3 is 0 Å². The zero-order chi connectivity index (χ0) is 16.5. The molecule has 118 valence electrons. The van der Waals surface area contributed by atoms with E-state index in [2.05, 4.69) is 41.2 Å². The van der Waals surface area contributed by atoms with Crippen LogP contribution in [0.25, 0.3) is 16.9 Å². The van der Waals surface area contributed by atoms with Crippen molar-refractivity contribution in [2.24, 2.45) is 0 Å². The first-order valence-electron chi connectivity index (χ1n) is 7.53. The molecule has 0 atom stereocenters. The number of hydrogen-bond acceptors (Lipinski definition) is 3. The van der Waals surface area contributed by atoms with Crippen molar-refractivity contribution in [1.82, 2.24) is 14.4 Å². The molecule has 0 saturated heterocycles. The molecule has 0 unspecified atom stereocenters. The van der Waals surface area contributed by atoms with Crippen LogP contribution >= 0.6 is 11.8 Å². The van der Waals surface area contributed by atoms with E-state index in [0.717, 1.165) is 26.8 Å². The third-order valence-electron chi connectivity index (χ3n) is 3.76. The number of aromatic nitrogens is 3. The molecular weight excluding hydrogens is 321 g/mol. The molecule has 4 aromatic rings. The summed E-state index contributed by atoms with van der Waals surface area (Å²) in [5, 5.41) is 0.984. The number of rotatable bonds is 3. The van der Waals surface area contributed by atoms with Gasteiger partial charge in [0.15, 0.2) is 5.65 Å². The highest BCUT2D eigenvalue weighted by Crippen LogP contribution is 2.30. The first kappa shape index (κ1) is 14.9. The zero-order valence-electron chi connectivity index (χ0n) is 13.0. The molecule has 2 aromatic carbocycles. The average molecular weight is 335 g/mol. The highest BCUT2D eigenvalue weighted by atomic mass is 32.2. The topological polar surface area (TPSA) is 30.2 Å². The maximum Gasteiger partial charge on any atom is 0.164 e. The maximum atomic E-state index is 13.1. The highest BCUT2D eigenvalue weighted by Gasteiger charge is 2.11. The van der Waals surface area contributed by atoms with Gasteiger partial charge in [-0.25, -0.2) is 14.4 Å². The third kappa shape index (κ3) is 2.78. The van der Waals surface area contributed by atoms with Gasteiger partial charge >= 0.3 is 0 Å². The van der Waals surface area contributed by atoms with Crippen LogP contribution in [-0.2, 0) is 0 Å². The molecular formula is C19H14FN3S. The molecule has 4 rings (SSSR count). The van der Waals surface area contributed by atoms with Crippen LogP contribution in [0.2, 0.25) is 0 Å². The number of imidazole rings is 1. The first-order chi connectivity index (χ1) is 11.7. The van der Waals surface area contributed by atoms with Crippen LogP contribution in [-0.4, -0.2) is 14.4 Å². The van der Waals surface area contributed by atoms with Gasteiger partial charge in [0.2, 0.25) is 0 Å². The van der Waals surface area contributed by atoms with E-state index in [1.54, 1.807) is 30.1 Å². The van der Waals surface area contributed by atoms with Crippen molar-refractivity contribution in [2.45, 2.75) is 16.8 Å². The average Bonchev–Trinajstić information content (AvgIpc) is 3.08. The Hall–Kier alpha value is -2.66. The summed E-state index contributed by atoms with van der Waals surface area (Å²) in [5.41, 5.74) is 3.59. The summed E-state index contributed by atoms with van der Waals surface area (Å²) in [6.45, 7) is 2.07. The predicted molar refractivity (Wildman–Crippen MR) is 93.7 cm³/mol. The first-order valence-corrected chi connectivity index (χ1v) is 8.35. The van der Waals surface area contributed by atoms with E-state index in [9.17, 15) is 4.39 Å². The summed E-state index contributed by atoms with van der Waals surface area (Å²) in [7, 11) is 0. The molecule has 5 heteroatoms. The van der Waals surface area contributed by atoms with Crippen LogP contribution in [0.5, 0.6) is 0 Å². The molecule has 0 aliphatic carbocycles. The van der Waals surface area contributed by atoms with Crippen molar-refractivity contribution >= 4 is 17.4 Å². The lowest BCUT2D eigenvalue weighted by molar-refractivity contribution is 0.628. The molecule has 2 aromatic heterocycles. The van der Waals surface area contributed by atoms with Gasteiger partial charge in [0.1, 0.15) is 16.5 Å². The Morgan fingerprint density at radius 3 is 2.46 bits per heavy atom. The van der Waals surface area contributed by atoms with Crippen molar-refractivity contribution in [3.63, 3.8) is 0 Å². The van der Waals surface area contributed by atoms with Crippen LogP contribution in [0, 0.1) is 12.7 Å². The zero-order valence-corrected chi connectivity index (χ0v) is 13.8. The van der Waals surface area contributed by atoms with Crippen LogP contribution < -0.4 is 0 Å². The summed E-state index contributed by atoms with van der Waals surface area (Å²) in [6, 6.07) is 14.7. The van der Waals surface area contributed by atoms with Gasteiger partial charge in [-0.15, -0.1) is 0 Å². The molecule has 0 bridgehead atoms. The molecule has 0 saturated carbocycles. The third-order valence-corrected chi connectivity index (χ3v) is 4.77. The summed E-state index contributed by atoms with van der Waals surface area (Å²) < 4.78 is 15.2. The molecule has 2 heterocycles. The summed E-state index contributed by atoms with van der Waals surface area (Å²) >= 11 is 1.64. The molecule has 24 heavy (non-hydrogen) atoms. The van der Waals surface area contributed by atoms with E-state index >= 15 is 0 Å². The fourth-order valence-electron chi connectivity index (χ4n) is 2.51. The Morgan fingerprint density at radius 2 is 1.71 bits per heavy atom. The predicted octanol–water partition coefficient (Wildman–Crippen LogP) is 5.00. The van der Waals surface area contributed by atoms with Crippen molar-refractivity contribution in [2.75, 3.05) is 0 Å². The van der Waals surface area contributed by atoms with E-state index < -0.39 is 0 Å². The summed E-state index contributed by atoms with van der Waals surface area (Å²) in [6.07, 6.45) is 5.50. The lowest BCUT2D eigenvalue weighted by atomic mass is 10.1. The number of nitrogens with zero attached hydrogens (tertiary/aromatic N) is 3. The lowest BCUT2D eigenvalue weighted by Gasteiger charge is -2.09. The number of fused-ring (bicyclic) bond motifs is 1. The van der Waals surface area contributed by atoms with Gasteiger partial charge in [-0.3, -0.25) is 4.40 Å². The van der Waals surface area contributed by atoms with Crippen LogP contribution in [0.1, 0.15) is 5.56 Å². The normalized spacial score (nSPS) is 11.1. The van der Waals surface area contributed by atoms with Crippen LogP contribution in [0.3, 0.4) is 0 Å². The molecule has 0 aliphatic rings. The summed E-state index contributed by atoms with van der Waals surface area (Å²) in [5.74, 6) is -0.260. The molecule has 0 fully saturated rings. The van der Waals surface area contributed by atoms with E-state index in [1.807, 2.05) is 16.8 Å².